The number of carbonyl (C=O) groups excluding carboxylic acids is 1. The molecule has 7 nitrogen and oxygen atoms in total. The number of aromatic nitrogens is 3. The molecule has 0 bridgehead atoms. The number of rotatable bonds is 7. The van der Waals surface area contributed by atoms with Crippen molar-refractivity contribution in [3.8, 4) is 23.0 Å². The van der Waals surface area contributed by atoms with Gasteiger partial charge in [0, 0.05) is 11.8 Å². The van der Waals surface area contributed by atoms with Gasteiger partial charge in [0.1, 0.15) is 0 Å². The van der Waals surface area contributed by atoms with Gasteiger partial charge in [-0.1, -0.05) is 11.8 Å². The summed E-state index contributed by atoms with van der Waals surface area (Å²) >= 11 is 1.19. The summed E-state index contributed by atoms with van der Waals surface area (Å²) in [6.07, 6.45) is 1.71. The van der Waals surface area contributed by atoms with E-state index in [-0.39, 0.29) is 11.5 Å². The largest absolute Gasteiger partial charge is 0.493 e. The van der Waals surface area contributed by atoms with Crippen LogP contribution in [0.5, 0.6) is 11.5 Å². The van der Waals surface area contributed by atoms with E-state index in [0.717, 1.165) is 0 Å². The van der Waals surface area contributed by atoms with Crippen molar-refractivity contribution in [2.24, 2.45) is 0 Å². The van der Waals surface area contributed by atoms with Gasteiger partial charge in [-0.05, 0) is 30.3 Å². The fraction of sp³-hybridized carbons (Fsp3) is 0.188. The molecule has 0 spiro atoms. The summed E-state index contributed by atoms with van der Waals surface area (Å²) in [5.74, 6) is 1.73. The van der Waals surface area contributed by atoms with Crippen LogP contribution in [0.2, 0.25) is 0 Å². The molecule has 0 radical (unpaired) electrons. The molecule has 1 aromatic carbocycles. The van der Waals surface area contributed by atoms with Gasteiger partial charge in [-0.25, -0.2) is 0 Å². The van der Waals surface area contributed by atoms with E-state index < -0.39 is 0 Å². The SMILES string of the molecule is COc1ccc(-c2nnc(SCC(=O)c3ccc[nH]3)o2)cc1OC. The molecule has 0 atom stereocenters. The fourth-order valence-corrected chi connectivity index (χ4v) is 2.71. The number of Topliss-reactive ketones (excluding diaryl/α,β-unsaturated/α-hetero) is 1. The molecule has 0 fully saturated rings. The lowest BCUT2D eigenvalue weighted by Gasteiger charge is -2.07. The fourth-order valence-electron chi connectivity index (χ4n) is 2.06. The van der Waals surface area contributed by atoms with Crippen LogP contribution in [0, 0.1) is 0 Å². The number of aromatic amines is 1. The molecule has 0 amide bonds. The van der Waals surface area contributed by atoms with Gasteiger partial charge in [-0.2, -0.15) is 0 Å². The van der Waals surface area contributed by atoms with Gasteiger partial charge in [0.2, 0.25) is 5.89 Å². The van der Waals surface area contributed by atoms with Crippen LogP contribution in [0.15, 0.2) is 46.2 Å². The number of nitrogens with one attached hydrogen (secondary N) is 1. The van der Waals surface area contributed by atoms with E-state index in [0.29, 0.717) is 33.9 Å². The third-order valence-corrected chi connectivity index (χ3v) is 4.08. The molecule has 2 aromatic heterocycles. The lowest BCUT2D eigenvalue weighted by molar-refractivity contribution is 0.101. The average molecular weight is 345 g/mol. The number of hydrogen-bond donors (Lipinski definition) is 1. The van der Waals surface area contributed by atoms with E-state index in [1.165, 1.54) is 11.8 Å². The molecule has 3 aromatic rings. The molecule has 2 heterocycles. The number of carbonyl (C=O) groups is 1. The highest BCUT2D eigenvalue weighted by atomic mass is 32.2. The standard InChI is InChI=1S/C16H15N3O4S/c1-21-13-6-5-10(8-14(13)22-2)15-18-19-16(23-15)24-9-12(20)11-4-3-7-17-11/h3-8,17H,9H2,1-2H3. The highest BCUT2D eigenvalue weighted by Gasteiger charge is 2.14. The van der Waals surface area contributed by atoms with E-state index in [2.05, 4.69) is 15.2 Å². The summed E-state index contributed by atoms with van der Waals surface area (Å²) in [6, 6.07) is 8.82. The van der Waals surface area contributed by atoms with Gasteiger partial charge in [0.15, 0.2) is 17.3 Å². The Bertz CT molecular complexity index is 830. The zero-order valence-corrected chi connectivity index (χ0v) is 13.9. The first-order valence-electron chi connectivity index (χ1n) is 7.06. The van der Waals surface area contributed by atoms with Gasteiger partial charge < -0.3 is 18.9 Å². The molecule has 24 heavy (non-hydrogen) atoms. The number of H-pyrrole nitrogens is 1. The Hall–Kier alpha value is -2.74. The van der Waals surface area contributed by atoms with Crippen molar-refractivity contribution in [1.29, 1.82) is 0 Å². The number of benzene rings is 1. The first-order valence-corrected chi connectivity index (χ1v) is 8.05. The van der Waals surface area contributed by atoms with E-state index in [9.17, 15) is 4.79 Å². The van der Waals surface area contributed by atoms with Gasteiger partial charge in [0.25, 0.3) is 5.22 Å². The second-order valence-corrected chi connectivity index (χ2v) is 5.67. The third-order valence-electron chi connectivity index (χ3n) is 3.26. The quantitative estimate of drug-likeness (QED) is 0.520. The minimum atomic E-state index is -0.0316. The summed E-state index contributed by atoms with van der Waals surface area (Å²) in [7, 11) is 3.13. The predicted molar refractivity (Wildman–Crippen MR) is 88.7 cm³/mol. The van der Waals surface area contributed by atoms with E-state index in [1.54, 1.807) is 50.7 Å². The van der Waals surface area contributed by atoms with Crippen LogP contribution in [0.25, 0.3) is 11.5 Å². The first kappa shape index (κ1) is 16.1. The van der Waals surface area contributed by atoms with Crippen molar-refractivity contribution in [3.05, 3.63) is 42.2 Å². The second-order valence-electron chi connectivity index (χ2n) is 4.74. The molecule has 8 heteroatoms. The number of nitrogens with zero attached hydrogens (tertiary/aromatic N) is 2. The molecule has 0 unspecified atom stereocenters. The second kappa shape index (κ2) is 7.22. The molecular weight excluding hydrogens is 330 g/mol. The maximum absolute atomic E-state index is 11.9. The van der Waals surface area contributed by atoms with Crippen LogP contribution < -0.4 is 9.47 Å². The number of ketones is 1. The number of thioether (sulfide) groups is 1. The topological polar surface area (TPSA) is 90.2 Å². The highest BCUT2D eigenvalue weighted by Crippen LogP contribution is 2.32. The maximum Gasteiger partial charge on any atom is 0.277 e. The summed E-state index contributed by atoms with van der Waals surface area (Å²) < 4.78 is 16.0. The Morgan fingerprint density at radius 2 is 2.04 bits per heavy atom. The Kier molecular flexibility index (Phi) is 4.85. The monoisotopic (exact) mass is 345 g/mol. The molecule has 3 rings (SSSR count). The molecule has 1 N–H and O–H groups in total. The minimum Gasteiger partial charge on any atom is -0.493 e. The third kappa shape index (κ3) is 3.43. The summed E-state index contributed by atoms with van der Waals surface area (Å²) in [6.45, 7) is 0. The lowest BCUT2D eigenvalue weighted by Crippen LogP contribution is -2.02. The van der Waals surface area contributed by atoms with Crippen LogP contribution in [-0.2, 0) is 0 Å². The summed E-state index contributed by atoms with van der Waals surface area (Å²) in [5.41, 5.74) is 1.27. The minimum absolute atomic E-state index is 0.0316. The predicted octanol–water partition coefficient (Wildman–Crippen LogP) is 3.06. The van der Waals surface area contributed by atoms with E-state index >= 15 is 0 Å². The molecule has 0 saturated carbocycles. The lowest BCUT2D eigenvalue weighted by atomic mass is 10.2. The Labute approximate surface area is 142 Å². The normalized spacial score (nSPS) is 10.6. The van der Waals surface area contributed by atoms with Gasteiger partial charge in [-0.15, -0.1) is 10.2 Å². The van der Waals surface area contributed by atoms with Crippen molar-refractivity contribution >= 4 is 17.5 Å². The maximum atomic E-state index is 11.9. The number of methoxy groups -OCH3 is 2. The summed E-state index contributed by atoms with van der Waals surface area (Å²) in [4.78, 5) is 14.8. The van der Waals surface area contributed by atoms with Crippen LogP contribution in [0.4, 0.5) is 0 Å². The molecule has 0 aliphatic heterocycles. The highest BCUT2D eigenvalue weighted by molar-refractivity contribution is 7.99. The van der Waals surface area contributed by atoms with Crippen molar-refractivity contribution in [2.45, 2.75) is 5.22 Å². The number of ether oxygens (including phenoxy) is 2. The van der Waals surface area contributed by atoms with E-state index in [1.807, 2.05) is 0 Å². The molecular formula is C16H15N3O4S. The summed E-state index contributed by atoms with van der Waals surface area (Å²) in [5, 5.41) is 8.29. The Balaban J connectivity index is 1.70. The number of hydrogen-bond acceptors (Lipinski definition) is 7. The molecule has 124 valence electrons. The smallest absolute Gasteiger partial charge is 0.277 e. The van der Waals surface area contributed by atoms with Crippen molar-refractivity contribution in [3.63, 3.8) is 0 Å². The van der Waals surface area contributed by atoms with Gasteiger partial charge >= 0.3 is 0 Å². The van der Waals surface area contributed by atoms with Crippen LogP contribution in [0.3, 0.4) is 0 Å². The first-order chi connectivity index (χ1) is 11.7. The Morgan fingerprint density at radius 1 is 1.21 bits per heavy atom. The molecule has 0 aliphatic carbocycles. The van der Waals surface area contributed by atoms with Crippen molar-refractivity contribution in [2.75, 3.05) is 20.0 Å². The molecule has 0 aliphatic rings. The molecule has 0 saturated heterocycles. The average Bonchev–Trinajstić information content (AvgIpc) is 3.30. The van der Waals surface area contributed by atoms with Crippen molar-refractivity contribution in [1.82, 2.24) is 15.2 Å². The van der Waals surface area contributed by atoms with Crippen LogP contribution in [0.1, 0.15) is 10.5 Å². The van der Waals surface area contributed by atoms with Crippen molar-refractivity contribution < 1.29 is 18.7 Å². The zero-order valence-electron chi connectivity index (χ0n) is 13.1. The van der Waals surface area contributed by atoms with Crippen LogP contribution >= 0.6 is 11.8 Å². The van der Waals surface area contributed by atoms with Gasteiger partial charge in [0.05, 0.1) is 25.7 Å². The van der Waals surface area contributed by atoms with Gasteiger partial charge in [-0.3, -0.25) is 4.79 Å². The Morgan fingerprint density at radius 3 is 2.75 bits per heavy atom. The van der Waals surface area contributed by atoms with Crippen LogP contribution in [-0.4, -0.2) is 40.9 Å². The van der Waals surface area contributed by atoms with E-state index in [4.69, 9.17) is 13.9 Å². The zero-order chi connectivity index (χ0) is 16.9.